The van der Waals surface area contributed by atoms with Gasteiger partial charge in [-0.3, -0.25) is 4.99 Å². The summed E-state index contributed by atoms with van der Waals surface area (Å²) in [4.78, 5) is 6.42. The molecule has 7 heteroatoms. The summed E-state index contributed by atoms with van der Waals surface area (Å²) in [5, 5.41) is 10.8. The summed E-state index contributed by atoms with van der Waals surface area (Å²) in [6.07, 6.45) is 2.02. The van der Waals surface area contributed by atoms with Gasteiger partial charge in [0.05, 0.1) is 17.9 Å². The number of guanidine groups is 1. The molecule has 28 heavy (non-hydrogen) atoms. The summed E-state index contributed by atoms with van der Waals surface area (Å²) >= 11 is 0. The number of aliphatic imine (C=N–C) groups is 1. The molecule has 1 fully saturated rings. The molecule has 6 nitrogen and oxygen atoms in total. The quantitative estimate of drug-likeness (QED) is 0.606. The van der Waals surface area contributed by atoms with Crippen molar-refractivity contribution in [2.45, 2.75) is 52.1 Å². The van der Waals surface area contributed by atoms with E-state index in [2.05, 4.69) is 39.5 Å². The van der Waals surface area contributed by atoms with Gasteiger partial charge in [-0.25, -0.2) is 4.39 Å². The maximum absolute atomic E-state index is 14.3. The Hall–Kier alpha value is -2.57. The number of aromatic nitrogens is 1. The van der Waals surface area contributed by atoms with Gasteiger partial charge in [-0.15, -0.1) is 0 Å². The molecule has 0 amide bonds. The van der Waals surface area contributed by atoms with Gasteiger partial charge < -0.3 is 20.1 Å². The molecule has 1 aliphatic heterocycles. The minimum Gasteiger partial charge on any atom is -0.367 e. The second-order valence-corrected chi connectivity index (χ2v) is 7.68. The molecular weight excluding hydrogens is 357 g/mol. The number of nitrogens with zero attached hydrogens (tertiary/aromatic N) is 3. The van der Waals surface area contributed by atoms with Crippen molar-refractivity contribution in [1.29, 1.82) is 0 Å². The molecule has 2 N–H and O–H groups in total. The van der Waals surface area contributed by atoms with Crippen LogP contribution in [0.25, 0.3) is 0 Å². The van der Waals surface area contributed by atoms with Gasteiger partial charge in [0.1, 0.15) is 5.82 Å². The number of hydrogen-bond acceptors (Lipinski definition) is 4. The van der Waals surface area contributed by atoms with E-state index in [-0.39, 0.29) is 11.9 Å². The van der Waals surface area contributed by atoms with E-state index in [9.17, 15) is 4.39 Å². The first-order valence-electron chi connectivity index (χ1n) is 9.90. The summed E-state index contributed by atoms with van der Waals surface area (Å²) in [6, 6.07) is 7.43. The summed E-state index contributed by atoms with van der Waals surface area (Å²) in [6.45, 7) is 8.27. The first kappa shape index (κ1) is 20.2. The van der Waals surface area contributed by atoms with E-state index in [4.69, 9.17) is 4.52 Å². The van der Waals surface area contributed by atoms with Gasteiger partial charge in [0.15, 0.2) is 11.7 Å². The lowest BCUT2D eigenvalue weighted by Crippen LogP contribution is -2.51. The number of nitrogens with one attached hydrogen (secondary N) is 2. The van der Waals surface area contributed by atoms with Gasteiger partial charge in [-0.2, -0.15) is 0 Å². The minimum atomic E-state index is -0.167. The van der Waals surface area contributed by atoms with Crippen molar-refractivity contribution in [3.63, 3.8) is 0 Å². The van der Waals surface area contributed by atoms with Crippen LogP contribution in [0.15, 0.2) is 33.8 Å². The number of piperidine rings is 1. The highest BCUT2D eigenvalue weighted by Crippen LogP contribution is 2.24. The van der Waals surface area contributed by atoms with Gasteiger partial charge in [0.25, 0.3) is 0 Å². The summed E-state index contributed by atoms with van der Waals surface area (Å²) in [5.74, 6) is 1.66. The number of anilines is 1. The van der Waals surface area contributed by atoms with Crippen molar-refractivity contribution in [2.75, 3.05) is 25.0 Å². The molecule has 1 atom stereocenters. The Kier molecular flexibility index (Phi) is 6.54. The highest BCUT2D eigenvalue weighted by Gasteiger charge is 2.23. The van der Waals surface area contributed by atoms with Gasteiger partial charge in [-0.05, 0) is 43.4 Å². The highest BCUT2D eigenvalue weighted by molar-refractivity contribution is 5.80. The van der Waals surface area contributed by atoms with E-state index in [1.54, 1.807) is 19.2 Å². The fourth-order valence-electron chi connectivity index (χ4n) is 3.42. The molecule has 1 saturated heterocycles. The Morgan fingerprint density at radius 1 is 1.39 bits per heavy atom. The maximum atomic E-state index is 14.3. The van der Waals surface area contributed by atoms with Crippen LogP contribution in [0.5, 0.6) is 0 Å². The number of benzene rings is 1. The Bertz CT molecular complexity index is 817. The molecule has 152 valence electrons. The third-order valence-corrected chi connectivity index (χ3v) is 5.03. The molecular formula is C21H30FN5O. The van der Waals surface area contributed by atoms with Crippen LogP contribution in [0, 0.1) is 12.7 Å². The highest BCUT2D eigenvalue weighted by atomic mass is 19.1. The predicted octanol–water partition coefficient (Wildman–Crippen LogP) is 3.58. The molecule has 0 saturated carbocycles. The van der Waals surface area contributed by atoms with E-state index in [1.165, 1.54) is 0 Å². The first-order valence-corrected chi connectivity index (χ1v) is 9.90. The van der Waals surface area contributed by atoms with Crippen molar-refractivity contribution in [3.05, 3.63) is 47.1 Å². The van der Waals surface area contributed by atoms with Crippen LogP contribution in [-0.2, 0) is 6.54 Å². The standard InChI is InChI=1S/C21H30FN5O/c1-14(2)19-11-17(28-26-19)12-24-21(23-4)25-16-6-5-9-27(13-16)20-10-15(3)7-8-18(20)22/h7-8,10-11,14,16H,5-6,9,12-13H2,1-4H3,(H2,23,24,25). The monoisotopic (exact) mass is 387 g/mol. The lowest BCUT2D eigenvalue weighted by molar-refractivity contribution is 0.371. The van der Waals surface area contributed by atoms with Crippen molar-refractivity contribution in [1.82, 2.24) is 15.8 Å². The fraction of sp³-hybridized carbons (Fsp3) is 0.524. The molecule has 2 aromatic rings. The predicted molar refractivity (Wildman–Crippen MR) is 110 cm³/mol. The van der Waals surface area contributed by atoms with Crippen molar-refractivity contribution in [2.24, 2.45) is 4.99 Å². The molecule has 0 aliphatic carbocycles. The van der Waals surface area contributed by atoms with E-state index in [0.29, 0.717) is 24.1 Å². The van der Waals surface area contributed by atoms with Crippen molar-refractivity contribution < 1.29 is 8.91 Å². The Balaban J connectivity index is 1.57. The second-order valence-electron chi connectivity index (χ2n) is 7.68. The lowest BCUT2D eigenvalue weighted by Gasteiger charge is -2.35. The van der Waals surface area contributed by atoms with Crippen LogP contribution in [0.1, 0.15) is 49.6 Å². The zero-order valence-electron chi connectivity index (χ0n) is 17.1. The maximum Gasteiger partial charge on any atom is 0.191 e. The van der Waals surface area contributed by atoms with E-state index < -0.39 is 0 Å². The second kappa shape index (κ2) is 9.08. The van der Waals surface area contributed by atoms with Crippen molar-refractivity contribution >= 4 is 11.6 Å². The van der Waals surface area contributed by atoms with Gasteiger partial charge >= 0.3 is 0 Å². The third-order valence-electron chi connectivity index (χ3n) is 5.03. The molecule has 1 aromatic heterocycles. The zero-order valence-corrected chi connectivity index (χ0v) is 17.1. The van der Waals surface area contributed by atoms with Crippen LogP contribution in [0.2, 0.25) is 0 Å². The van der Waals surface area contributed by atoms with Gasteiger partial charge in [-0.1, -0.05) is 25.1 Å². The number of aryl methyl sites for hydroxylation is 1. The summed E-state index contributed by atoms with van der Waals surface area (Å²) in [7, 11) is 1.75. The molecule has 0 bridgehead atoms. The number of halogens is 1. The summed E-state index contributed by atoms with van der Waals surface area (Å²) < 4.78 is 19.6. The average molecular weight is 388 g/mol. The average Bonchev–Trinajstić information content (AvgIpc) is 3.16. The molecule has 0 spiro atoms. The van der Waals surface area contributed by atoms with Crippen LogP contribution in [0.3, 0.4) is 0 Å². The number of hydrogen-bond donors (Lipinski definition) is 2. The van der Waals surface area contributed by atoms with Crippen molar-refractivity contribution in [3.8, 4) is 0 Å². The first-order chi connectivity index (χ1) is 13.5. The SMILES string of the molecule is CN=C(NCc1cc(C(C)C)no1)NC1CCCN(c2cc(C)ccc2F)C1. The Labute approximate surface area is 166 Å². The zero-order chi connectivity index (χ0) is 20.1. The normalized spacial score (nSPS) is 17.9. The topological polar surface area (TPSA) is 65.7 Å². The minimum absolute atomic E-state index is 0.167. The molecule has 1 unspecified atom stereocenters. The largest absolute Gasteiger partial charge is 0.367 e. The third kappa shape index (κ3) is 5.03. The van der Waals surface area contributed by atoms with E-state index >= 15 is 0 Å². The van der Waals surface area contributed by atoms with Gasteiger partial charge in [0.2, 0.25) is 0 Å². The van der Waals surface area contributed by atoms with Crippen LogP contribution in [-0.4, -0.2) is 37.3 Å². The molecule has 2 heterocycles. The lowest BCUT2D eigenvalue weighted by atomic mass is 10.0. The smallest absolute Gasteiger partial charge is 0.191 e. The molecule has 1 aliphatic rings. The van der Waals surface area contributed by atoms with Gasteiger partial charge in [0, 0.05) is 32.2 Å². The Morgan fingerprint density at radius 3 is 2.93 bits per heavy atom. The molecule has 1 aromatic carbocycles. The van der Waals surface area contributed by atoms with Crippen LogP contribution >= 0.6 is 0 Å². The summed E-state index contributed by atoms with van der Waals surface area (Å²) in [5.41, 5.74) is 2.69. The fourth-order valence-corrected chi connectivity index (χ4v) is 3.42. The molecule has 0 radical (unpaired) electrons. The van der Waals surface area contributed by atoms with Crippen LogP contribution < -0.4 is 15.5 Å². The van der Waals surface area contributed by atoms with Crippen LogP contribution in [0.4, 0.5) is 10.1 Å². The molecule has 3 rings (SSSR count). The van der Waals surface area contributed by atoms with E-state index in [0.717, 1.165) is 42.9 Å². The van der Waals surface area contributed by atoms with E-state index in [1.807, 2.05) is 19.1 Å². The number of rotatable bonds is 5. The Morgan fingerprint density at radius 2 is 2.21 bits per heavy atom.